The summed E-state index contributed by atoms with van der Waals surface area (Å²) in [5, 5.41) is 6.49. The number of carbonyl (C=O) groups excluding carboxylic acids is 1. The van der Waals surface area contributed by atoms with Crippen molar-refractivity contribution < 1.29 is 4.79 Å². The van der Waals surface area contributed by atoms with Gasteiger partial charge in [-0.25, -0.2) is 0 Å². The Kier molecular flexibility index (Phi) is 9.75. The summed E-state index contributed by atoms with van der Waals surface area (Å²) in [5.41, 5.74) is 0.783. The maximum Gasteiger partial charge on any atom is 0.253 e. The van der Waals surface area contributed by atoms with Crippen LogP contribution >= 0.6 is 24.0 Å². The average Bonchev–Trinajstić information content (AvgIpc) is 2.61. The molecule has 0 atom stereocenters. The van der Waals surface area contributed by atoms with Gasteiger partial charge in [0.2, 0.25) is 0 Å². The molecule has 1 fully saturated rings. The number of guanidine groups is 1. The third kappa shape index (κ3) is 6.30. The summed E-state index contributed by atoms with van der Waals surface area (Å²) >= 11 is 0. The van der Waals surface area contributed by atoms with Crippen molar-refractivity contribution in [3.05, 3.63) is 35.9 Å². The van der Waals surface area contributed by atoms with Gasteiger partial charge in [0.1, 0.15) is 0 Å². The van der Waals surface area contributed by atoms with E-state index in [-0.39, 0.29) is 29.9 Å². The van der Waals surface area contributed by atoms with Gasteiger partial charge in [0.15, 0.2) is 5.96 Å². The Morgan fingerprint density at radius 3 is 2.25 bits per heavy atom. The minimum Gasteiger partial charge on any atom is -0.357 e. The first-order valence-corrected chi connectivity index (χ1v) is 8.61. The quantitative estimate of drug-likeness (QED) is 0.417. The summed E-state index contributed by atoms with van der Waals surface area (Å²) in [7, 11) is 0. The van der Waals surface area contributed by atoms with Gasteiger partial charge in [-0.2, -0.15) is 0 Å². The van der Waals surface area contributed by atoms with Gasteiger partial charge in [-0.1, -0.05) is 18.2 Å². The lowest BCUT2D eigenvalue weighted by Gasteiger charge is -2.31. The van der Waals surface area contributed by atoms with Crippen molar-refractivity contribution >= 4 is 35.8 Å². The van der Waals surface area contributed by atoms with E-state index in [1.54, 1.807) is 0 Å². The molecule has 1 saturated heterocycles. The molecule has 1 amide bonds. The van der Waals surface area contributed by atoms with Gasteiger partial charge >= 0.3 is 0 Å². The Hall–Kier alpha value is -1.31. The number of amides is 1. The fourth-order valence-electron chi connectivity index (χ4n) is 2.81. The molecular weight excluding hydrogens is 415 g/mol. The van der Waals surface area contributed by atoms with Gasteiger partial charge in [0.05, 0.1) is 0 Å². The van der Waals surface area contributed by atoms with Crippen molar-refractivity contribution in [2.24, 2.45) is 10.9 Å². The van der Waals surface area contributed by atoms with E-state index >= 15 is 0 Å². The monoisotopic (exact) mass is 444 g/mol. The summed E-state index contributed by atoms with van der Waals surface area (Å²) < 4.78 is 0. The second-order valence-electron chi connectivity index (χ2n) is 5.85. The van der Waals surface area contributed by atoms with Gasteiger partial charge in [-0.15, -0.1) is 24.0 Å². The first-order valence-electron chi connectivity index (χ1n) is 8.61. The summed E-state index contributed by atoms with van der Waals surface area (Å²) in [6, 6.07) is 9.54. The zero-order valence-electron chi connectivity index (χ0n) is 14.6. The Labute approximate surface area is 162 Å². The Balaban J connectivity index is 0.00000288. The zero-order chi connectivity index (χ0) is 16.5. The van der Waals surface area contributed by atoms with Crippen LogP contribution in [0.25, 0.3) is 0 Å². The highest BCUT2D eigenvalue weighted by Crippen LogP contribution is 2.19. The molecule has 134 valence electrons. The molecule has 1 aliphatic rings. The van der Waals surface area contributed by atoms with Crippen molar-refractivity contribution in [2.45, 2.75) is 26.7 Å². The van der Waals surface area contributed by atoms with Crippen molar-refractivity contribution in [3.8, 4) is 0 Å². The summed E-state index contributed by atoms with van der Waals surface area (Å²) in [6.45, 7) is 8.35. The maximum absolute atomic E-state index is 12.4. The summed E-state index contributed by atoms with van der Waals surface area (Å²) in [4.78, 5) is 19.0. The number of hydrogen-bond donors (Lipinski definition) is 2. The second kappa shape index (κ2) is 11.3. The van der Waals surface area contributed by atoms with Crippen LogP contribution < -0.4 is 10.6 Å². The van der Waals surface area contributed by atoms with Crippen LogP contribution in [-0.2, 0) is 0 Å². The van der Waals surface area contributed by atoms with E-state index in [2.05, 4.69) is 29.5 Å². The number of nitrogens with one attached hydrogen (secondary N) is 2. The van der Waals surface area contributed by atoms with Gasteiger partial charge in [0, 0.05) is 38.3 Å². The van der Waals surface area contributed by atoms with Gasteiger partial charge < -0.3 is 15.5 Å². The number of aliphatic imine (C=N–C) groups is 1. The Morgan fingerprint density at radius 2 is 1.71 bits per heavy atom. The van der Waals surface area contributed by atoms with E-state index in [1.165, 1.54) is 0 Å². The molecule has 0 radical (unpaired) electrons. The molecule has 0 unspecified atom stereocenters. The molecule has 5 nitrogen and oxygen atoms in total. The van der Waals surface area contributed by atoms with E-state index in [0.29, 0.717) is 5.92 Å². The minimum absolute atomic E-state index is 0. The first-order chi connectivity index (χ1) is 11.2. The first kappa shape index (κ1) is 20.7. The lowest BCUT2D eigenvalue weighted by Crippen LogP contribution is -2.40. The molecule has 6 heteroatoms. The molecule has 0 saturated carbocycles. The molecule has 1 aromatic carbocycles. The number of nitrogens with zero attached hydrogens (tertiary/aromatic N) is 2. The standard InChI is InChI=1S/C18H28N4O.HI/c1-3-19-18(20-4-2)21-14-15-10-12-22(13-11-15)17(23)16-8-6-5-7-9-16;/h5-9,15H,3-4,10-14H2,1-2H3,(H2,19,20,21);1H. The van der Waals surface area contributed by atoms with Crippen LogP contribution in [0.2, 0.25) is 0 Å². The largest absolute Gasteiger partial charge is 0.357 e. The molecule has 0 bridgehead atoms. The fourth-order valence-corrected chi connectivity index (χ4v) is 2.81. The lowest BCUT2D eigenvalue weighted by molar-refractivity contribution is 0.0693. The van der Waals surface area contributed by atoms with Crippen molar-refractivity contribution in [3.63, 3.8) is 0 Å². The minimum atomic E-state index is 0. The third-order valence-corrected chi connectivity index (χ3v) is 4.12. The predicted octanol–water partition coefficient (Wildman–Crippen LogP) is 2.73. The van der Waals surface area contributed by atoms with E-state index in [4.69, 9.17) is 0 Å². The van der Waals surface area contributed by atoms with Gasteiger partial charge in [-0.3, -0.25) is 9.79 Å². The van der Waals surface area contributed by atoms with E-state index in [1.807, 2.05) is 35.2 Å². The van der Waals surface area contributed by atoms with Crippen LogP contribution in [0.15, 0.2) is 35.3 Å². The van der Waals surface area contributed by atoms with Crippen LogP contribution in [0.3, 0.4) is 0 Å². The molecule has 1 aromatic rings. The summed E-state index contributed by atoms with van der Waals surface area (Å²) in [5.74, 6) is 1.59. The highest BCUT2D eigenvalue weighted by molar-refractivity contribution is 14.0. The smallest absolute Gasteiger partial charge is 0.253 e. The normalized spacial score (nSPS) is 14.5. The molecule has 1 heterocycles. The number of hydrogen-bond acceptors (Lipinski definition) is 2. The van der Waals surface area contributed by atoms with E-state index < -0.39 is 0 Å². The molecule has 24 heavy (non-hydrogen) atoms. The molecule has 1 aliphatic heterocycles. The molecular formula is C18H29IN4O. The Morgan fingerprint density at radius 1 is 1.12 bits per heavy atom. The SMILES string of the molecule is CCNC(=NCC1CCN(C(=O)c2ccccc2)CC1)NCC.I. The van der Waals surface area contributed by atoms with Crippen molar-refractivity contribution in [2.75, 3.05) is 32.7 Å². The van der Waals surface area contributed by atoms with Crippen LogP contribution in [-0.4, -0.2) is 49.5 Å². The van der Waals surface area contributed by atoms with Crippen LogP contribution in [0.4, 0.5) is 0 Å². The Bertz CT molecular complexity index is 505. The molecule has 0 aromatic heterocycles. The van der Waals surface area contributed by atoms with Crippen molar-refractivity contribution in [1.29, 1.82) is 0 Å². The predicted molar refractivity (Wildman–Crippen MR) is 110 cm³/mol. The third-order valence-electron chi connectivity index (χ3n) is 4.12. The number of benzene rings is 1. The molecule has 2 N–H and O–H groups in total. The van der Waals surface area contributed by atoms with Gasteiger partial charge in [-0.05, 0) is 44.7 Å². The highest BCUT2D eigenvalue weighted by atomic mass is 127. The number of piperidine rings is 1. The number of rotatable bonds is 5. The van der Waals surface area contributed by atoms with Crippen LogP contribution in [0.5, 0.6) is 0 Å². The second-order valence-corrected chi connectivity index (χ2v) is 5.85. The highest BCUT2D eigenvalue weighted by Gasteiger charge is 2.23. The number of halogens is 1. The topological polar surface area (TPSA) is 56.7 Å². The molecule has 0 spiro atoms. The van der Waals surface area contributed by atoms with E-state index in [0.717, 1.165) is 57.1 Å². The molecule has 2 rings (SSSR count). The van der Waals surface area contributed by atoms with Gasteiger partial charge in [0.25, 0.3) is 5.91 Å². The lowest BCUT2D eigenvalue weighted by atomic mass is 9.96. The van der Waals surface area contributed by atoms with Crippen LogP contribution in [0.1, 0.15) is 37.0 Å². The fraction of sp³-hybridized carbons (Fsp3) is 0.556. The van der Waals surface area contributed by atoms with Crippen LogP contribution in [0, 0.1) is 5.92 Å². The van der Waals surface area contributed by atoms with Crippen molar-refractivity contribution in [1.82, 2.24) is 15.5 Å². The zero-order valence-corrected chi connectivity index (χ0v) is 17.0. The van der Waals surface area contributed by atoms with E-state index in [9.17, 15) is 4.79 Å². The number of likely N-dealkylation sites (tertiary alicyclic amines) is 1. The molecule has 0 aliphatic carbocycles. The average molecular weight is 444 g/mol. The number of carbonyl (C=O) groups is 1. The maximum atomic E-state index is 12.4. The summed E-state index contributed by atoms with van der Waals surface area (Å²) in [6.07, 6.45) is 2.04.